The van der Waals surface area contributed by atoms with Crippen LogP contribution in [0.1, 0.15) is 5.56 Å². The molecule has 1 aromatic rings. The van der Waals surface area contributed by atoms with Crippen molar-refractivity contribution in [3.05, 3.63) is 34.3 Å². The molecule has 0 aliphatic rings. The van der Waals surface area contributed by atoms with E-state index in [9.17, 15) is 9.59 Å². The zero-order chi connectivity index (χ0) is 11.4. The molecule has 0 spiro atoms. The lowest BCUT2D eigenvalue weighted by molar-refractivity contribution is -0.143. The van der Waals surface area contributed by atoms with Gasteiger partial charge in [0.1, 0.15) is 0 Å². The highest BCUT2D eigenvalue weighted by Crippen LogP contribution is 2.17. The monoisotopic (exact) mass is 270 g/mol. The molecule has 0 aliphatic carbocycles. The Kier molecular flexibility index (Phi) is 3.85. The summed E-state index contributed by atoms with van der Waals surface area (Å²) in [6, 6.07) is 7.49. The molecule has 0 fully saturated rings. The largest absolute Gasteiger partial charge is 0.361 e. The van der Waals surface area contributed by atoms with Gasteiger partial charge in [0.2, 0.25) is 0 Å². The standard InChI is InChI=1S/C10H11BrN2O2/c1-13(10(15)9(12)14)6-7-4-2-3-5-8(7)11/h2-5H,6H2,1H3,(H2,12,14). The first kappa shape index (κ1) is 11.7. The Morgan fingerprint density at radius 3 is 2.53 bits per heavy atom. The number of carbonyl (C=O) groups excluding carboxylic acids is 2. The minimum Gasteiger partial charge on any atom is -0.361 e. The molecule has 0 atom stereocenters. The number of likely N-dealkylation sites (N-methyl/N-ethyl adjacent to an activating group) is 1. The summed E-state index contributed by atoms with van der Waals surface area (Å²) in [4.78, 5) is 23.1. The molecule has 5 heteroatoms. The van der Waals surface area contributed by atoms with Gasteiger partial charge in [0.15, 0.2) is 0 Å². The summed E-state index contributed by atoms with van der Waals surface area (Å²) in [6.45, 7) is 0.350. The average molecular weight is 271 g/mol. The zero-order valence-electron chi connectivity index (χ0n) is 8.24. The Morgan fingerprint density at radius 1 is 1.40 bits per heavy atom. The number of halogens is 1. The molecule has 15 heavy (non-hydrogen) atoms. The van der Waals surface area contributed by atoms with E-state index in [-0.39, 0.29) is 0 Å². The van der Waals surface area contributed by atoms with Crippen molar-refractivity contribution < 1.29 is 9.59 Å². The Hall–Kier alpha value is -1.36. The fraction of sp³-hybridized carbons (Fsp3) is 0.200. The zero-order valence-corrected chi connectivity index (χ0v) is 9.82. The highest BCUT2D eigenvalue weighted by molar-refractivity contribution is 9.10. The maximum atomic E-state index is 11.2. The van der Waals surface area contributed by atoms with Crippen LogP contribution < -0.4 is 5.73 Å². The predicted octanol–water partition coefficient (Wildman–Crippen LogP) is 0.893. The predicted molar refractivity (Wildman–Crippen MR) is 59.8 cm³/mol. The van der Waals surface area contributed by atoms with Crippen LogP contribution in [-0.4, -0.2) is 23.8 Å². The minimum absolute atomic E-state index is 0.350. The van der Waals surface area contributed by atoms with Crippen LogP contribution in [0.2, 0.25) is 0 Å². The van der Waals surface area contributed by atoms with E-state index >= 15 is 0 Å². The van der Waals surface area contributed by atoms with Crippen LogP contribution in [0.4, 0.5) is 0 Å². The van der Waals surface area contributed by atoms with Gasteiger partial charge in [-0.1, -0.05) is 34.1 Å². The van der Waals surface area contributed by atoms with Crippen molar-refractivity contribution >= 4 is 27.7 Å². The minimum atomic E-state index is -0.940. The van der Waals surface area contributed by atoms with Gasteiger partial charge in [0.25, 0.3) is 0 Å². The Morgan fingerprint density at radius 2 is 2.00 bits per heavy atom. The van der Waals surface area contributed by atoms with Gasteiger partial charge >= 0.3 is 11.8 Å². The average Bonchev–Trinajstić information content (AvgIpc) is 2.20. The number of hydrogen-bond donors (Lipinski definition) is 1. The number of amides is 2. The number of rotatable bonds is 2. The third-order valence-corrected chi connectivity index (χ3v) is 2.70. The number of nitrogens with zero attached hydrogens (tertiary/aromatic N) is 1. The second kappa shape index (κ2) is 4.93. The summed E-state index contributed by atoms with van der Waals surface area (Å²) in [5.41, 5.74) is 5.81. The van der Waals surface area contributed by atoms with Crippen LogP contribution in [0, 0.1) is 0 Å². The van der Waals surface area contributed by atoms with Crippen LogP contribution in [-0.2, 0) is 16.1 Å². The molecule has 1 rings (SSSR count). The van der Waals surface area contributed by atoms with E-state index in [0.29, 0.717) is 6.54 Å². The molecule has 80 valence electrons. The molecule has 0 aliphatic heterocycles. The lowest BCUT2D eigenvalue weighted by atomic mass is 10.2. The summed E-state index contributed by atoms with van der Waals surface area (Å²) in [7, 11) is 1.53. The van der Waals surface area contributed by atoms with E-state index in [4.69, 9.17) is 5.73 Å². The second-order valence-electron chi connectivity index (χ2n) is 3.12. The smallest absolute Gasteiger partial charge is 0.311 e. The van der Waals surface area contributed by atoms with Gasteiger partial charge < -0.3 is 10.6 Å². The van der Waals surface area contributed by atoms with Crippen molar-refractivity contribution in [1.82, 2.24) is 4.90 Å². The topological polar surface area (TPSA) is 63.4 Å². The number of hydrogen-bond acceptors (Lipinski definition) is 2. The lowest BCUT2D eigenvalue weighted by Crippen LogP contribution is -2.37. The highest BCUT2D eigenvalue weighted by atomic mass is 79.9. The van der Waals surface area contributed by atoms with E-state index in [1.54, 1.807) is 0 Å². The molecule has 0 unspecified atom stereocenters. The number of carbonyl (C=O) groups is 2. The van der Waals surface area contributed by atoms with Gasteiger partial charge in [-0.05, 0) is 11.6 Å². The first-order valence-electron chi connectivity index (χ1n) is 4.30. The maximum absolute atomic E-state index is 11.2. The van der Waals surface area contributed by atoms with Crippen molar-refractivity contribution in [2.24, 2.45) is 5.73 Å². The van der Waals surface area contributed by atoms with Crippen molar-refractivity contribution in [3.63, 3.8) is 0 Å². The Balaban J connectivity index is 2.75. The first-order chi connectivity index (χ1) is 7.02. The van der Waals surface area contributed by atoms with Crippen LogP contribution >= 0.6 is 15.9 Å². The van der Waals surface area contributed by atoms with Gasteiger partial charge in [-0.3, -0.25) is 9.59 Å². The maximum Gasteiger partial charge on any atom is 0.311 e. The molecule has 4 nitrogen and oxygen atoms in total. The quantitative estimate of drug-likeness (QED) is 0.812. The molecular weight excluding hydrogens is 260 g/mol. The number of primary amides is 1. The molecule has 1 aromatic carbocycles. The van der Waals surface area contributed by atoms with Crippen LogP contribution in [0.15, 0.2) is 28.7 Å². The number of benzene rings is 1. The van der Waals surface area contributed by atoms with Crippen LogP contribution in [0.5, 0.6) is 0 Å². The second-order valence-corrected chi connectivity index (χ2v) is 3.97. The molecule has 0 radical (unpaired) electrons. The third kappa shape index (κ3) is 3.06. The normalized spacial score (nSPS) is 9.73. The van der Waals surface area contributed by atoms with Crippen LogP contribution in [0.25, 0.3) is 0 Å². The van der Waals surface area contributed by atoms with Gasteiger partial charge in [-0.15, -0.1) is 0 Å². The fourth-order valence-electron chi connectivity index (χ4n) is 1.14. The molecule has 0 heterocycles. The summed E-state index contributed by atoms with van der Waals surface area (Å²) in [6.07, 6.45) is 0. The van der Waals surface area contributed by atoms with E-state index in [1.807, 2.05) is 24.3 Å². The van der Waals surface area contributed by atoms with Crippen molar-refractivity contribution in [3.8, 4) is 0 Å². The Bertz CT molecular complexity index is 393. The lowest BCUT2D eigenvalue weighted by Gasteiger charge is -2.15. The summed E-state index contributed by atoms with van der Waals surface area (Å²) in [5.74, 6) is -1.63. The first-order valence-corrected chi connectivity index (χ1v) is 5.10. The molecular formula is C10H11BrN2O2. The molecule has 0 saturated carbocycles. The van der Waals surface area contributed by atoms with Crippen molar-refractivity contribution in [2.75, 3.05) is 7.05 Å². The molecule has 2 N–H and O–H groups in total. The highest BCUT2D eigenvalue weighted by Gasteiger charge is 2.15. The number of nitrogens with two attached hydrogens (primary N) is 1. The summed E-state index contributed by atoms with van der Waals surface area (Å²) >= 11 is 3.36. The van der Waals surface area contributed by atoms with Gasteiger partial charge in [0.05, 0.1) is 0 Å². The molecule has 2 amide bonds. The Labute approximate surface area is 96.2 Å². The van der Waals surface area contributed by atoms with E-state index < -0.39 is 11.8 Å². The van der Waals surface area contributed by atoms with Crippen LogP contribution in [0.3, 0.4) is 0 Å². The van der Waals surface area contributed by atoms with E-state index in [1.165, 1.54) is 11.9 Å². The van der Waals surface area contributed by atoms with Gasteiger partial charge in [-0.25, -0.2) is 0 Å². The molecule has 0 bridgehead atoms. The van der Waals surface area contributed by atoms with Crippen molar-refractivity contribution in [2.45, 2.75) is 6.54 Å². The van der Waals surface area contributed by atoms with E-state index in [0.717, 1.165) is 10.0 Å². The fourth-order valence-corrected chi connectivity index (χ4v) is 1.55. The summed E-state index contributed by atoms with van der Waals surface area (Å²) in [5, 5.41) is 0. The summed E-state index contributed by atoms with van der Waals surface area (Å²) < 4.78 is 0.897. The SMILES string of the molecule is CN(Cc1ccccc1Br)C(=O)C(N)=O. The third-order valence-electron chi connectivity index (χ3n) is 1.92. The van der Waals surface area contributed by atoms with Gasteiger partial charge in [-0.2, -0.15) is 0 Å². The molecule has 0 aromatic heterocycles. The van der Waals surface area contributed by atoms with Crippen molar-refractivity contribution in [1.29, 1.82) is 0 Å². The van der Waals surface area contributed by atoms with E-state index in [2.05, 4.69) is 15.9 Å². The van der Waals surface area contributed by atoms with Gasteiger partial charge in [0, 0.05) is 18.1 Å². The molecule has 0 saturated heterocycles.